The van der Waals surface area contributed by atoms with Crippen molar-refractivity contribution < 1.29 is 9.47 Å². The summed E-state index contributed by atoms with van der Waals surface area (Å²) in [5.74, 6) is 1.86. The minimum absolute atomic E-state index is 0.0455. The molecule has 1 aromatic rings. The average molecular weight is 277 g/mol. The zero-order valence-electron chi connectivity index (χ0n) is 13.2. The summed E-state index contributed by atoms with van der Waals surface area (Å²) in [5, 5.41) is 3.52. The first-order valence-corrected chi connectivity index (χ1v) is 7.55. The third-order valence-corrected chi connectivity index (χ3v) is 3.85. The summed E-state index contributed by atoms with van der Waals surface area (Å²) in [5.41, 5.74) is 1.25. The molecule has 1 aromatic carbocycles. The van der Waals surface area contributed by atoms with Crippen LogP contribution in [0, 0.1) is 0 Å². The fourth-order valence-corrected chi connectivity index (χ4v) is 2.60. The van der Waals surface area contributed by atoms with Crippen molar-refractivity contribution in [2.45, 2.75) is 51.5 Å². The van der Waals surface area contributed by atoms with E-state index < -0.39 is 0 Å². The van der Waals surface area contributed by atoms with Gasteiger partial charge in [0.2, 0.25) is 0 Å². The lowest BCUT2D eigenvalue weighted by atomic mass is 9.86. The van der Waals surface area contributed by atoms with Crippen molar-refractivity contribution in [2.24, 2.45) is 0 Å². The summed E-state index contributed by atoms with van der Waals surface area (Å²) in [7, 11) is 1.70. The molecule has 112 valence electrons. The van der Waals surface area contributed by atoms with E-state index in [0.29, 0.717) is 6.04 Å². The molecule has 0 aliphatic carbocycles. The van der Waals surface area contributed by atoms with Crippen LogP contribution in [0.2, 0.25) is 0 Å². The summed E-state index contributed by atoms with van der Waals surface area (Å²) >= 11 is 0. The van der Waals surface area contributed by atoms with Gasteiger partial charge in [-0.3, -0.25) is 0 Å². The molecule has 0 radical (unpaired) electrons. The van der Waals surface area contributed by atoms with Gasteiger partial charge in [0, 0.05) is 11.6 Å². The first kappa shape index (κ1) is 15.2. The molecule has 1 saturated heterocycles. The molecule has 3 nitrogen and oxygen atoms in total. The minimum Gasteiger partial charge on any atom is -0.497 e. The maximum atomic E-state index is 6.08. The van der Waals surface area contributed by atoms with Gasteiger partial charge in [-0.2, -0.15) is 0 Å². The van der Waals surface area contributed by atoms with E-state index in [4.69, 9.17) is 9.47 Å². The number of methoxy groups -OCH3 is 1. The van der Waals surface area contributed by atoms with Crippen LogP contribution < -0.4 is 14.8 Å². The number of benzene rings is 1. The van der Waals surface area contributed by atoms with Gasteiger partial charge in [0.15, 0.2) is 0 Å². The summed E-state index contributed by atoms with van der Waals surface area (Å²) in [4.78, 5) is 0. The van der Waals surface area contributed by atoms with E-state index in [1.165, 1.54) is 24.8 Å². The SMILES string of the molecule is COc1ccc(OCC2CCCCN2)c(C(C)(C)C)c1. The Hall–Kier alpha value is -1.22. The van der Waals surface area contributed by atoms with Gasteiger partial charge in [-0.15, -0.1) is 0 Å². The van der Waals surface area contributed by atoms with Gasteiger partial charge >= 0.3 is 0 Å². The van der Waals surface area contributed by atoms with Crippen LogP contribution in [0.25, 0.3) is 0 Å². The van der Waals surface area contributed by atoms with Gasteiger partial charge in [-0.25, -0.2) is 0 Å². The van der Waals surface area contributed by atoms with Gasteiger partial charge in [0.25, 0.3) is 0 Å². The van der Waals surface area contributed by atoms with Gasteiger partial charge in [-0.1, -0.05) is 27.2 Å². The Morgan fingerprint density at radius 2 is 2.05 bits per heavy atom. The molecule has 1 atom stereocenters. The second-order valence-electron chi connectivity index (χ2n) is 6.57. The molecule has 0 spiro atoms. The van der Waals surface area contributed by atoms with Crippen LogP contribution in [-0.4, -0.2) is 26.3 Å². The Morgan fingerprint density at radius 3 is 2.65 bits per heavy atom. The smallest absolute Gasteiger partial charge is 0.123 e. The summed E-state index contributed by atoms with van der Waals surface area (Å²) in [6, 6.07) is 6.57. The highest BCUT2D eigenvalue weighted by atomic mass is 16.5. The Labute approximate surface area is 122 Å². The first-order valence-electron chi connectivity index (χ1n) is 7.55. The molecule has 1 aliphatic rings. The van der Waals surface area contributed by atoms with Crippen molar-refractivity contribution in [3.63, 3.8) is 0 Å². The maximum absolute atomic E-state index is 6.08. The zero-order chi connectivity index (χ0) is 14.6. The van der Waals surface area contributed by atoms with Crippen molar-refractivity contribution in [3.8, 4) is 11.5 Å². The van der Waals surface area contributed by atoms with E-state index in [0.717, 1.165) is 24.7 Å². The molecule has 0 bridgehead atoms. The molecular weight excluding hydrogens is 250 g/mol. The monoisotopic (exact) mass is 277 g/mol. The van der Waals surface area contributed by atoms with Gasteiger partial charge in [0.1, 0.15) is 18.1 Å². The van der Waals surface area contributed by atoms with Crippen LogP contribution in [0.5, 0.6) is 11.5 Å². The summed E-state index contributed by atoms with van der Waals surface area (Å²) in [6.45, 7) is 8.46. The first-order chi connectivity index (χ1) is 9.50. The fourth-order valence-electron chi connectivity index (χ4n) is 2.60. The number of ether oxygens (including phenoxy) is 2. The van der Waals surface area contributed by atoms with E-state index >= 15 is 0 Å². The van der Waals surface area contributed by atoms with E-state index in [1.807, 2.05) is 12.1 Å². The van der Waals surface area contributed by atoms with E-state index in [2.05, 4.69) is 32.2 Å². The largest absolute Gasteiger partial charge is 0.497 e. The summed E-state index contributed by atoms with van der Waals surface area (Å²) < 4.78 is 11.4. The Bertz CT molecular complexity index is 431. The van der Waals surface area contributed by atoms with Gasteiger partial charge in [-0.05, 0) is 43.0 Å². The predicted octanol–water partition coefficient (Wildman–Crippen LogP) is 3.51. The van der Waals surface area contributed by atoms with E-state index in [1.54, 1.807) is 7.11 Å². The highest BCUT2D eigenvalue weighted by molar-refractivity contribution is 5.44. The maximum Gasteiger partial charge on any atom is 0.123 e. The molecular formula is C17H27NO2. The predicted molar refractivity (Wildman–Crippen MR) is 82.8 cm³/mol. The zero-order valence-corrected chi connectivity index (χ0v) is 13.2. The standard InChI is InChI=1S/C17H27NO2/c1-17(2,3)15-11-14(19-4)8-9-16(15)20-12-13-7-5-6-10-18-13/h8-9,11,13,18H,5-7,10,12H2,1-4H3. The molecule has 1 aliphatic heterocycles. The second kappa shape index (κ2) is 6.49. The van der Waals surface area contributed by atoms with E-state index in [-0.39, 0.29) is 5.41 Å². The number of piperidine rings is 1. The van der Waals surface area contributed by atoms with Crippen molar-refractivity contribution in [1.82, 2.24) is 5.32 Å². The molecule has 3 heteroatoms. The van der Waals surface area contributed by atoms with E-state index in [9.17, 15) is 0 Å². The highest BCUT2D eigenvalue weighted by Crippen LogP contribution is 2.34. The normalized spacial score (nSPS) is 19.7. The molecule has 1 fully saturated rings. The second-order valence-corrected chi connectivity index (χ2v) is 6.57. The lowest BCUT2D eigenvalue weighted by Crippen LogP contribution is -2.38. The van der Waals surface area contributed by atoms with Crippen molar-refractivity contribution in [2.75, 3.05) is 20.3 Å². The van der Waals surface area contributed by atoms with Crippen molar-refractivity contribution in [3.05, 3.63) is 23.8 Å². The third-order valence-electron chi connectivity index (χ3n) is 3.85. The highest BCUT2D eigenvalue weighted by Gasteiger charge is 2.21. The molecule has 1 unspecified atom stereocenters. The molecule has 2 rings (SSSR count). The lowest BCUT2D eigenvalue weighted by Gasteiger charge is -2.27. The molecule has 20 heavy (non-hydrogen) atoms. The van der Waals surface area contributed by atoms with Crippen LogP contribution in [0.4, 0.5) is 0 Å². The fraction of sp³-hybridized carbons (Fsp3) is 0.647. The molecule has 1 heterocycles. The quantitative estimate of drug-likeness (QED) is 0.913. The third kappa shape index (κ3) is 3.89. The topological polar surface area (TPSA) is 30.5 Å². The number of hydrogen-bond acceptors (Lipinski definition) is 3. The Kier molecular flexibility index (Phi) is 4.92. The van der Waals surface area contributed by atoms with Gasteiger partial charge < -0.3 is 14.8 Å². The molecule has 1 N–H and O–H groups in total. The van der Waals surface area contributed by atoms with Crippen molar-refractivity contribution in [1.29, 1.82) is 0 Å². The molecule has 0 amide bonds. The van der Waals surface area contributed by atoms with Crippen LogP contribution >= 0.6 is 0 Å². The van der Waals surface area contributed by atoms with Crippen LogP contribution in [0.3, 0.4) is 0 Å². The molecule has 0 aromatic heterocycles. The van der Waals surface area contributed by atoms with Crippen molar-refractivity contribution >= 4 is 0 Å². The number of rotatable bonds is 4. The number of hydrogen-bond donors (Lipinski definition) is 1. The summed E-state index contributed by atoms with van der Waals surface area (Å²) in [6.07, 6.45) is 3.79. The molecule has 0 saturated carbocycles. The minimum atomic E-state index is 0.0455. The Balaban J connectivity index is 2.09. The van der Waals surface area contributed by atoms with Crippen LogP contribution in [0.1, 0.15) is 45.6 Å². The van der Waals surface area contributed by atoms with Gasteiger partial charge in [0.05, 0.1) is 7.11 Å². The Morgan fingerprint density at radius 1 is 1.25 bits per heavy atom. The lowest BCUT2D eigenvalue weighted by molar-refractivity contribution is 0.234. The van der Waals surface area contributed by atoms with Crippen LogP contribution in [0.15, 0.2) is 18.2 Å². The van der Waals surface area contributed by atoms with Crippen LogP contribution in [-0.2, 0) is 5.41 Å². The average Bonchev–Trinajstić information content (AvgIpc) is 2.45. The number of nitrogens with one attached hydrogen (secondary N) is 1.